The molecule has 1 heterocycles. The first-order valence-corrected chi connectivity index (χ1v) is 5.83. The third-order valence-corrected chi connectivity index (χ3v) is 2.58. The van der Waals surface area contributed by atoms with Crippen molar-refractivity contribution in [3.05, 3.63) is 59.7 Å². The lowest BCUT2D eigenvalue weighted by Gasteiger charge is -2.08. The second-order valence-corrected chi connectivity index (χ2v) is 3.98. The van der Waals surface area contributed by atoms with Crippen molar-refractivity contribution in [2.75, 3.05) is 6.61 Å². The highest BCUT2D eigenvalue weighted by molar-refractivity contribution is 5.95. The number of pyridine rings is 1. The normalized spacial score (nSPS) is 10.2. The number of nitrogens with one attached hydrogen (secondary N) is 1. The molecule has 4 nitrogen and oxygen atoms in total. The highest BCUT2D eigenvalue weighted by Crippen LogP contribution is 2.18. The molecule has 2 rings (SSSR count). The van der Waals surface area contributed by atoms with E-state index < -0.39 is 5.82 Å². The van der Waals surface area contributed by atoms with Crippen molar-refractivity contribution in [2.45, 2.75) is 6.42 Å². The first kappa shape index (κ1) is 13.0. The number of ether oxygens (including phenoxy) is 1. The van der Waals surface area contributed by atoms with Crippen LogP contribution in [0.1, 0.15) is 11.3 Å². The molecule has 0 aliphatic rings. The van der Waals surface area contributed by atoms with E-state index in [0.717, 1.165) is 5.69 Å². The third kappa shape index (κ3) is 3.51. The number of halogens is 1. The Morgan fingerprint density at radius 2 is 2.16 bits per heavy atom. The molecule has 1 aromatic carbocycles. The van der Waals surface area contributed by atoms with Gasteiger partial charge in [-0.3, -0.25) is 10.4 Å². The lowest BCUT2D eigenvalue weighted by Crippen LogP contribution is -2.11. The van der Waals surface area contributed by atoms with Gasteiger partial charge in [-0.1, -0.05) is 6.07 Å². The minimum Gasteiger partial charge on any atom is -0.490 e. The summed E-state index contributed by atoms with van der Waals surface area (Å²) in [4.78, 5) is 4.15. The van der Waals surface area contributed by atoms with Crippen LogP contribution >= 0.6 is 0 Å². The molecule has 98 valence electrons. The van der Waals surface area contributed by atoms with Crippen molar-refractivity contribution in [3.8, 4) is 5.75 Å². The molecule has 0 atom stereocenters. The Morgan fingerprint density at radius 3 is 2.79 bits per heavy atom. The van der Waals surface area contributed by atoms with Crippen LogP contribution in [0.4, 0.5) is 4.39 Å². The molecular formula is C14H14FN3O. The Balaban J connectivity index is 1.95. The van der Waals surface area contributed by atoms with E-state index in [1.807, 2.05) is 18.2 Å². The Labute approximate surface area is 110 Å². The predicted molar refractivity (Wildman–Crippen MR) is 70.9 cm³/mol. The Morgan fingerprint density at radius 1 is 1.32 bits per heavy atom. The third-order valence-electron chi connectivity index (χ3n) is 2.58. The summed E-state index contributed by atoms with van der Waals surface area (Å²) < 4.78 is 19.0. The SMILES string of the molecule is N=C(N)c1ccc(OCCc2ccccn2)c(F)c1. The van der Waals surface area contributed by atoms with Crippen LogP contribution in [0.15, 0.2) is 42.6 Å². The summed E-state index contributed by atoms with van der Waals surface area (Å²) >= 11 is 0. The van der Waals surface area contributed by atoms with Gasteiger partial charge < -0.3 is 10.5 Å². The monoisotopic (exact) mass is 259 g/mol. The van der Waals surface area contributed by atoms with Gasteiger partial charge in [-0.05, 0) is 30.3 Å². The summed E-state index contributed by atoms with van der Waals surface area (Å²) in [6, 6.07) is 9.85. The van der Waals surface area contributed by atoms with Crippen LogP contribution in [0.2, 0.25) is 0 Å². The van der Waals surface area contributed by atoms with Crippen molar-refractivity contribution in [2.24, 2.45) is 5.73 Å². The average Bonchev–Trinajstić information content (AvgIpc) is 2.41. The topological polar surface area (TPSA) is 72.0 Å². The van der Waals surface area contributed by atoms with Gasteiger partial charge in [-0.15, -0.1) is 0 Å². The van der Waals surface area contributed by atoms with E-state index in [2.05, 4.69) is 4.98 Å². The molecule has 0 radical (unpaired) electrons. The fraction of sp³-hybridized carbons (Fsp3) is 0.143. The maximum atomic E-state index is 13.6. The molecule has 0 spiro atoms. The smallest absolute Gasteiger partial charge is 0.165 e. The van der Waals surface area contributed by atoms with E-state index in [0.29, 0.717) is 18.6 Å². The summed E-state index contributed by atoms with van der Waals surface area (Å²) in [6.45, 7) is 0.341. The van der Waals surface area contributed by atoms with Crippen molar-refractivity contribution in [1.29, 1.82) is 5.41 Å². The number of amidine groups is 1. The lowest BCUT2D eigenvalue weighted by molar-refractivity contribution is 0.304. The lowest BCUT2D eigenvalue weighted by atomic mass is 10.2. The first-order valence-electron chi connectivity index (χ1n) is 5.83. The molecule has 0 saturated carbocycles. The van der Waals surface area contributed by atoms with Gasteiger partial charge in [0.25, 0.3) is 0 Å². The zero-order valence-corrected chi connectivity index (χ0v) is 10.3. The quantitative estimate of drug-likeness (QED) is 0.638. The van der Waals surface area contributed by atoms with Gasteiger partial charge in [0, 0.05) is 23.9 Å². The van der Waals surface area contributed by atoms with E-state index in [1.54, 1.807) is 12.3 Å². The molecule has 0 saturated heterocycles. The van der Waals surface area contributed by atoms with E-state index in [9.17, 15) is 4.39 Å². The minimum atomic E-state index is -0.520. The predicted octanol–water partition coefficient (Wildman–Crippen LogP) is 2.13. The summed E-state index contributed by atoms with van der Waals surface area (Å²) in [5.74, 6) is -0.534. The zero-order chi connectivity index (χ0) is 13.7. The van der Waals surface area contributed by atoms with Crippen molar-refractivity contribution in [1.82, 2.24) is 4.98 Å². The summed E-state index contributed by atoms with van der Waals surface area (Å²) in [7, 11) is 0. The fourth-order valence-corrected chi connectivity index (χ4v) is 1.60. The summed E-state index contributed by atoms with van der Waals surface area (Å²) in [6.07, 6.45) is 2.31. The molecule has 0 aliphatic carbocycles. The number of benzene rings is 1. The van der Waals surface area contributed by atoms with Gasteiger partial charge in [-0.2, -0.15) is 0 Å². The van der Waals surface area contributed by atoms with Crippen molar-refractivity contribution >= 4 is 5.84 Å². The highest BCUT2D eigenvalue weighted by Gasteiger charge is 2.06. The fourth-order valence-electron chi connectivity index (χ4n) is 1.60. The van der Waals surface area contributed by atoms with Crippen LogP contribution in [0.3, 0.4) is 0 Å². The molecule has 19 heavy (non-hydrogen) atoms. The molecule has 0 amide bonds. The number of aromatic nitrogens is 1. The van der Waals surface area contributed by atoms with Gasteiger partial charge in [0.1, 0.15) is 5.84 Å². The number of hydrogen-bond acceptors (Lipinski definition) is 3. The van der Waals surface area contributed by atoms with Crippen LogP contribution in [0.5, 0.6) is 5.75 Å². The minimum absolute atomic E-state index is 0.154. The van der Waals surface area contributed by atoms with Crippen LogP contribution < -0.4 is 10.5 Å². The van der Waals surface area contributed by atoms with E-state index in [1.165, 1.54) is 12.1 Å². The number of nitrogens with two attached hydrogens (primary N) is 1. The zero-order valence-electron chi connectivity index (χ0n) is 10.3. The second kappa shape index (κ2) is 5.95. The number of hydrogen-bond donors (Lipinski definition) is 2. The van der Waals surface area contributed by atoms with Gasteiger partial charge in [0.15, 0.2) is 11.6 Å². The molecule has 3 N–H and O–H groups in total. The molecule has 0 bridgehead atoms. The second-order valence-electron chi connectivity index (χ2n) is 3.98. The highest BCUT2D eigenvalue weighted by atomic mass is 19.1. The van der Waals surface area contributed by atoms with Crippen LogP contribution in [0, 0.1) is 11.2 Å². The molecule has 2 aromatic rings. The Kier molecular flexibility index (Phi) is 4.07. The Hall–Kier alpha value is -2.43. The van der Waals surface area contributed by atoms with E-state index in [4.69, 9.17) is 15.9 Å². The summed E-state index contributed by atoms with van der Waals surface area (Å²) in [5.41, 5.74) is 6.51. The van der Waals surface area contributed by atoms with Gasteiger partial charge >= 0.3 is 0 Å². The average molecular weight is 259 g/mol. The largest absolute Gasteiger partial charge is 0.490 e. The molecule has 1 aromatic heterocycles. The maximum Gasteiger partial charge on any atom is 0.165 e. The first-order chi connectivity index (χ1) is 9.16. The standard InChI is InChI=1S/C14H14FN3O/c15-12-9-10(14(16)17)4-5-13(12)19-8-6-11-3-1-2-7-18-11/h1-5,7,9H,6,8H2,(H3,16,17). The van der Waals surface area contributed by atoms with Crippen LogP contribution in [-0.2, 0) is 6.42 Å². The van der Waals surface area contributed by atoms with Gasteiger partial charge in [-0.25, -0.2) is 4.39 Å². The van der Waals surface area contributed by atoms with Gasteiger partial charge in [0.05, 0.1) is 6.61 Å². The molecular weight excluding hydrogens is 245 g/mol. The van der Waals surface area contributed by atoms with Crippen LogP contribution in [-0.4, -0.2) is 17.4 Å². The van der Waals surface area contributed by atoms with Crippen molar-refractivity contribution < 1.29 is 9.13 Å². The molecule has 0 aliphatic heterocycles. The number of rotatable bonds is 5. The van der Waals surface area contributed by atoms with E-state index >= 15 is 0 Å². The molecule has 0 fully saturated rings. The number of nitrogen functional groups attached to an aromatic ring is 1. The maximum absolute atomic E-state index is 13.6. The molecule has 0 unspecified atom stereocenters. The summed E-state index contributed by atoms with van der Waals surface area (Å²) in [5, 5.41) is 7.21. The Bertz CT molecular complexity index is 572. The van der Waals surface area contributed by atoms with E-state index in [-0.39, 0.29) is 11.6 Å². The van der Waals surface area contributed by atoms with Gasteiger partial charge in [0.2, 0.25) is 0 Å². The number of nitrogens with zero attached hydrogens (tertiary/aromatic N) is 1. The van der Waals surface area contributed by atoms with Crippen molar-refractivity contribution in [3.63, 3.8) is 0 Å². The van der Waals surface area contributed by atoms with Crippen LogP contribution in [0.25, 0.3) is 0 Å². The molecule has 5 heteroatoms.